The maximum Gasteiger partial charge on any atom is 0.361 e. The fraction of sp³-hybridized carbons (Fsp3) is 0.125. The number of H-pyrrole nitrogens is 1. The van der Waals surface area contributed by atoms with Crippen molar-refractivity contribution < 1.29 is 19.1 Å². The molecular formula is C16H13N3O4S. The minimum atomic E-state index is -0.547. The molecule has 0 aliphatic rings. The number of thiophene rings is 1. The second-order valence-electron chi connectivity index (χ2n) is 4.63. The van der Waals surface area contributed by atoms with Gasteiger partial charge in [0.15, 0.2) is 5.69 Å². The van der Waals surface area contributed by atoms with Gasteiger partial charge in [-0.3, -0.25) is 0 Å². The van der Waals surface area contributed by atoms with Crippen LogP contribution in [0.3, 0.4) is 0 Å². The molecule has 0 spiro atoms. The summed E-state index contributed by atoms with van der Waals surface area (Å²) in [4.78, 5) is 24.3. The van der Waals surface area contributed by atoms with Crippen LogP contribution < -0.4 is 4.74 Å². The lowest BCUT2D eigenvalue weighted by Gasteiger charge is -2.04. The number of ether oxygens (including phenoxy) is 2. The second kappa shape index (κ2) is 7.05. The second-order valence-corrected chi connectivity index (χ2v) is 5.58. The highest BCUT2D eigenvalue weighted by molar-refractivity contribution is 7.12. The molecule has 2 aromatic heterocycles. The van der Waals surface area contributed by atoms with Crippen molar-refractivity contribution in [1.82, 2.24) is 15.4 Å². The first-order valence-corrected chi connectivity index (χ1v) is 8.01. The normalized spacial score (nSPS) is 10.4. The number of carbonyl (C=O) groups is 2. The van der Waals surface area contributed by atoms with Gasteiger partial charge in [0, 0.05) is 5.56 Å². The van der Waals surface area contributed by atoms with E-state index >= 15 is 0 Å². The zero-order valence-electron chi connectivity index (χ0n) is 12.7. The fourth-order valence-electron chi connectivity index (χ4n) is 2.01. The van der Waals surface area contributed by atoms with E-state index in [4.69, 9.17) is 9.47 Å². The van der Waals surface area contributed by atoms with Crippen LogP contribution in [-0.2, 0) is 4.74 Å². The monoisotopic (exact) mass is 343 g/mol. The summed E-state index contributed by atoms with van der Waals surface area (Å²) in [6.07, 6.45) is 0. The van der Waals surface area contributed by atoms with Crippen molar-refractivity contribution in [2.24, 2.45) is 0 Å². The number of carbonyl (C=O) groups excluding carboxylic acids is 2. The largest absolute Gasteiger partial charge is 0.461 e. The highest BCUT2D eigenvalue weighted by Crippen LogP contribution is 2.24. The van der Waals surface area contributed by atoms with Gasteiger partial charge in [0.2, 0.25) is 0 Å². The lowest BCUT2D eigenvalue weighted by atomic mass is 10.1. The average Bonchev–Trinajstić information content (AvgIpc) is 3.27. The van der Waals surface area contributed by atoms with Crippen LogP contribution in [0.5, 0.6) is 5.75 Å². The standard InChI is InChI=1S/C16H13N3O4S/c1-2-22-16(21)14-13(17-19-18-14)10-5-7-11(8-6-10)23-15(20)12-4-3-9-24-12/h3-9H,2H2,1H3,(H,17,18,19). The summed E-state index contributed by atoms with van der Waals surface area (Å²) in [6.45, 7) is 1.97. The summed E-state index contributed by atoms with van der Waals surface area (Å²) in [6, 6.07) is 10.1. The first kappa shape index (κ1) is 15.9. The summed E-state index contributed by atoms with van der Waals surface area (Å²) in [7, 11) is 0. The first-order chi connectivity index (χ1) is 11.7. The van der Waals surface area contributed by atoms with Crippen LogP contribution in [0.2, 0.25) is 0 Å². The minimum Gasteiger partial charge on any atom is -0.461 e. The van der Waals surface area contributed by atoms with Gasteiger partial charge in [0.05, 0.1) is 6.61 Å². The maximum absolute atomic E-state index is 11.9. The van der Waals surface area contributed by atoms with Crippen LogP contribution in [-0.4, -0.2) is 34.0 Å². The van der Waals surface area contributed by atoms with Crippen molar-refractivity contribution in [1.29, 1.82) is 0 Å². The van der Waals surface area contributed by atoms with Gasteiger partial charge >= 0.3 is 11.9 Å². The number of nitrogens with zero attached hydrogens (tertiary/aromatic N) is 2. The number of rotatable bonds is 5. The predicted octanol–water partition coefficient (Wildman–Crippen LogP) is 2.93. The van der Waals surface area contributed by atoms with Gasteiger partial charge in [-0.1, -0.05) is 6.07 Å². The van der Waals surface area contributed by atoms with E-state index in [0.29, 0.717) is 21.9 Å². The van der Waals surface area contributed by atoms with Gasteiger partial charge in [0.25, 0.3) is 0 Å². The smallest absolute Gasteiger partial charge is 0.361 e. The number of hydrogen-bond acceptors (Lipinski definition) is 7. The molecule has 0 atom stereocenters. The maximum atomic E-state index is 11.9. The molecule has 3 aromatic rings. The third-order valence-electron chi connectivity index (χ3n) is 3.08. The highest BCUT2D eigenvalue weighted by atomic mass is 32.1. The Balaban J connectivity index is 1.77. The number of aromatic nitrogens is 3. The van der Waals surface area contributed by atoms with Gasteiger partial charge in [-0.15, -0.1) is 16.4 Å². The molecule has 0 fully saturated rings. The molecule has 0 aliphatic heterocycles. The van der Waals surface area contributed by atoms with Crippen LogP contribution in [0, 0.1) is 0 Å². The molecule has 0 radical (unpaired) electrons. The summed E-state index contributed by atoms with van der Waals surface area (Å²) >= 11 is 1.31. The number of hydrogen-bond donors (Lipinski definition) is 1. The van der Waals surface area contributed by atoms with Crippen molar-refractivity contribution in [3.63, 3.8) is 0 Å². The van der Waals surface area contributed by atoms with Crippen molar-refractivity contribution in [3.05, 3.63) is 52.3 Å². The molecule has 0 amide bonds. The fourth-order valence-corrected chi connectivity index (χ4v) is 2.61. The Kier molecular flexibility index (Phi) is 4.66. The minimum absolute atomic E-state index is 0.111. The molecule has 1 aromatic carbocycles. The van der Waals surface area contributed by atoms with Gasteiger partial charge in [-0.2, -0.15) is 10.3 Å². The zero-order chi connectivity index (χ0) is 16.9. The third kappa shape index (κ3) is 3.33. The molecule has 0 saturated heterocycles. The van der Waals surface area contributed by atoms with E-state index < -0.39 is 11.9 Å². The number of esters is 2. The van der Waals surface area contributed by atoms with E-state index in [-0.39, 0.29) is 12.3 Å². The number of nitrogens with one attached hydrogen (secondary N) is 1. The number of benzene rings is 1. The molecular weight excluding hydrogens is 330 g/mol. The summed E-state index contributed by atoms with van der Waals surface area (Å²) in [5.41, 5.74) is 1.15. The summed E-state index contributed by atoms with van der Waals surface area (Å²) in [5.74, 6) is -0.556. The van der Waals surface area contributed by atoms with E-state index in [1.165, 1.54) is 11.3 Å². The molecule has 0 saturated carbocycles. The van der Waals surface area contributed by atoms with Crippen molar-refractivity contribution in [2.45, 2.75) is 6.92 Å². The Morgan fingerprint density at radius 3 is 2.58 bits per heavy atom. The van der Waals surface area contributed by atoms with Gasteiger partial charge in [0.1, 0.15) is 16.3 Å². The van der Waals surface area contributed by atoms with E-state index in [1.807, 2.05) is 0 Å². The zero-order valence-corrected chi connectivity index (χ0v) is 13.5. The molecule has 0 aliphatic carbocycles. The molecule has 0 unspecified atom stereocenters. The lowest BCUT2D eigenvalue weighted by Crippen LogP contribution is -2.07. The molecule has 3 rings (SSSR count). The Morgan fingerprint density at radius 1 is 1.12 bits per heavy atom. The molecule has 122 valence electrons. The SMILES string of the molecule is CCOC(=O)c1n[nH]nc1-c1ccc(OC(=O)c2cccs2)cc1. The lowest BCUT2D eigenvalue weighted by molar-refractivity contribution is 0.0520. The number of aromatic amines is 1. The summed E-state index contributed by atoms with van der Waals surface area (Å²) in [5, 5.41) is 12.0. The molecule has 7 nitrogen and oxygen atoms in total. The summed E-state index contributed by atoms with van der Waals surface area (Å²) < 4.78 is 10.2. The van der Waals surface area contributed by atoms with E-state index in [0.717, 1.165) is 0 Å². The van der Waals surface area contributed by atoms with Gasteiger partial charge in [-0.25, -0.2) is 9.59 Å². The van der Waals surface area contributed by atoms with E-state index in [9.17, 15) is 9.59 Å². The van der Waals surface area contributed by atoms with Crippen molar-refractivity contribution in [3.8, 4) is 17.0 Å². The van der Waals surface area contributed by atoms with Crippen LogP contribution in [0.15, 0.2) is 41.8 Å². The molecule has 2 heterocycles. The Bertz CT molecular complexity index is 841. The molecule has 0 bridgehead atoms. The van der Waals surface area contributed by atoms with Crippen molar-refractivity contribution in [2.75, 3.05) is 6.61 Å². The topological polar surface area (TPSA) is 94.2 Å². The van der Waals surface area contributed by atoms with Gasteiger partial charge in [-0.05, 0) is 42.6 Å². The molecule has 24 heavy (non-hydrogen) atoms. The van der Waals surface area contributed by atoms with Crippen LogP contribution >= 0.6 is 11.3 Å². The van der Waals surface area contributed by atoms with Crippen LogP contribution in [0.1, 0.15) is 27.1 Å². The Morgan fingerprint density at radius 2 is 1.92 bits per heavy atom. The van der Waals surface area contributed by atoms with Crippen LogP contribution in [0.4, 0.5) is 0 Å². The van der Waals surface area contributed by atoms with Crippen LogP contribution in [0.25, 0.3) is 11.3 Å². The average molecular weight is 343 g/mol. The Hall–Kier alpha value is -3.00. The van der Waals surface area contributed by atoms with Gasteiger partial charge < -0.3 is 9.47 Å². The predicted molar refractivity (Wildman–Crippen MR) is 87.1 cm³/mol. The molecule has 1 N–H and O–H groups in total. The third-order valence-corrected chi connectivity index (χ3v) is 3.93. The van der Waals surface area contributed by atoms with E-state index in [2.05, 4.69) is 15.4 Å². The van der Waals surface area contributed by atoms with E-state index in [1.54, 1.807) is 48.7 Å². The first-order valence-electron chi connectivity index (χ1n) is 7.13. The van der Waals surface area contributed by atoms with Crippen molar-refractivity contribution >= 4 is 23.3 Å². The highest BCUT2D eigenvalue weighted by Gasteiger charge is 2.19. The quantitative estimate of drug-likeness (QED) is 0.565. The molecule has 8 heteroatoms. The Labute approximate surface area is 141 Å².